The molecule has 1 heterocycles. The molecule has 5 nitrogen and oxygen atoms in total. The Morgan fingerprint density at radius 1 is 1.37 bits per heavy atom. The first-order chi connectivity index (χ1) is 8.85. The first-order valence-corrected chi connectivity index (χ1v) is 7.07. The average molecular weight is 269 g/mol. The van der Waals surface area contributed by atoms with Crippen LogP contribution in [0.1, 0.15) is 39.5 Å². The van der Waals surface area contributed by atoms with Crippen LogP contribution in [0, 0.1) is 5.41 Å². The zero-order chi connectivity index (χ0) is 14.5. The van der Waals surface area contributed by atoms with Crippen LogP contribution in [-0.4, -0.2) is 54.8 Å². The van der Waals surface area contributed by atoms with Gasteiger partial charge in [-0.05, 0) is 24.8 Å². The van der Waals surface area contributed by atoms with Crippen molar-refractivity contribution in [2.24, 2.45) is 11.1 Å². The van der Waals surface area contributed by atoms with Crippen molar-refractivity contribution >= 4 is 11.8 Å². The smallest absolute Gasteiger partial charge is 0.241 e. The summed E-state index contributed by atoms with van der Waals surface area (Å²) in [6, 6.07) is 0. The molecule has 0 saturated carbocycles. The third-order valence-corrected chi connectivity index (χ3v) is 3.64. The van der Waals surface area contributed by atoms with Crippen LogP contribution in [0.4, 0.5) is 0 Å². The second kappa shape index (κ2) is 6.89. The number of carbonyl (C=O) groups excluding carboxylic acids is 2. The van der Waals surface area contributed by atoms with Gasteiger partial charge in [0.1, 0.15) is 0 Å². The van der Waals surface area contributed by atoms with Crippen molar-refractivity contribution in [3.63, 3.8) is 0 Å². The average Bonchev–Trinajstić information content (AvgIpc) is 2.54. The van der Waals surface area contributed by atoms with Crippen LogP contribution in [0.2, 0.25) is 0 Å². The van der Waals surface area contributed by atoms with Gasteiger partial charge in [-0.3, -0.25) is 9.59 Å². The van der Waals surface area contributed by atoms with Gasteiger partial charge in [-0.2, -0.15) is 0 Å². The summed E-state index contributed by atoms with van der Waals surface area (Å²) < 4.78 is 0. The van der Waals surface area contributed by atoms with Gasteiger partial charge in [-0.15, -0.1) is 0 Å². The van der Waals surface area contributed by atoms with Gasteiger partial charge in [0.25, 0.3) is 0 Å². The Labute approximate surface area is 116 Å². The minimum absolute atomic E-state index is 0.00299. The second-order valence-corrected chi connectivity index (χ2v) is 6.24. The summed E-state index contributed by atoms with van der Waals surface area (Å²) in [6.07, 6.45) is 3.59. The molecule has 1 fully saturated rings. The number of nitrogens with zero attached hydrogens (tertiary/aromatic N) is 2. The molecule has 110 valence electrons. The fraction of sp³-hybridized carbons (Fsp3) is 0.857. The molecule has 0 aromatic carbocycles. The third kappa shape index (κ3) is 5.19. The van der Waals surface area contributed by atoms with E-state index in [9.17, 15) is 9.59 Å². The van der Waals surface area contributed by atoms with Crippen LogP contribution in [0.5, 0.6) is 0 Å². The Kier molecular flexibility index (Phi) is 5.79. The predicted molar refractivity (Wildman–Crippen MR) is 75.5 cm³/mol. The summed E-state index contributed by atoms with van der Waals surface area (Å²) in [4.78, 5) is 27.4. The lowest BCUT2D eigenvalue weighted by molar-refractivity contribution is -0.140. The first-order valence-electron chi connectivity index (χ1n) is 7.07. The lowest BCUT2D eigenvalue weighted by Gasteiger charge is -2.30. The van der Waals surface area contributed by atoms with Crippen LogP contribution >= 0.6 is 0 Å². The van der Waals surface area contributed by atoms with Crippen molar-refractivity contribution < 1.29 is 9.59 Å². The quantitative estimate of drug-likeness (QED) is 0.804. The molecular weight excluding hydrogens is 242 g/mol. The molecule has 0 spiro atoms. The van der Waals surface area contributed by atoms with Gasteiger partial charge >= 0.3 is 0 Å². The van der Waals surface area contributed by atoms with Gasteiger partial charge in [-0.1, -0.05) is 20.3 Å². The minimum Gasteiger partial charge on any atom is -0.344 e. The van der Waals surface area contributed by atoms with Crippen molar-refractivity contribution in [3.8, 4) is 0 Å². The molecule has 0 aromatic heterocycles. The molecule has 1 aliphatic rings. The molecule has 0 unspecified atom stereocenters. The summed E-state index contributed by atoms with van der Waals surface area (Å²) in [5.41, 5.74) is 5.59. The van der Waals surface area contributed by atoms with E-state index >= 15 is 0 Å². The van der Waals surface area contributed by atoms with E-state index in [2.05, 4.69) is 0 Å². The Balaban J connectivity index is 2.51. The second-order valence-electron chi connectivity index (χ2n) is 6.24. The molecule has 1 saturated heterocycles. The maximum atomic E-state index is 12.2. The highest BCUT2D eigenvalue weighted by atomic mass is 16.2. The molecule has 1 rings (SSSR count). The Morgan fingerprint density at radius 3 is 2.68 bits per heavy atom. The third-order valence-electron chi connectivity index (χ3n) is 3.64. The standard InChI is InChI=1S/C14H27N3O2/c1-14(2,10-15)11-16(3)13(19)9-17-8-6-4-5-7-12(17)18/h4-11,15H2,1-3H3. The van der Waals surface area contributed by atoms with Crippen LogP contribution in [0.25, 0.3) is 0 Å². The minimum atomic E-state index is -0.0901. The van der Waals surface area contributed by atoms with E-state index in [0.29, 0.717) is 26.1 Å². The van der Waals surface area contributed by atoms with E-state index < -0.39 is 0 Å². The molecule has 2 N–H and O–H groups in total. The summed E-state index contributed by atoms with van der Waals surface area (Å²) in [5, 5.41) is 0. The van der Waals surface area contributed by atoms with Crippen molar-refractivity contribution in [3.05, 3.63) is 0 Å². The fourth-order valence-electron chi connectivity index (χ4n) is 2.28. The van der Waals surface area contributed by atoms with E-state index in [1.165, 1.54) is 0 Å². The van der Waals surface area contributed by atoms with Crippen molar-refractivity contribution in [2.45, 2.75) is 39.5 Å². The summed E-state index contributed by atoms with van der Waals surface area (Å²) in [7, 11) is 1.78. The number of hydrogen-bond acceptors (Lipinski definition) is 3. The molecule has 1 aliphatic heterocycles. The number of likely N-dealkylation sites (tertiary alicyclic amines) is 1. The van der Waals surface area contributed by atoms with Gasteiger partial charge in [0.2, 0.25) is 11.8 Å². The van der Waals surface area contributed by atoms with E-state index in [0.717, 1.165) is 19.3 Å². The highest BCUT2D eigenvalue weighted by Crippen LogP contribution is 2.15. The number of nitrogens with two attached hydrogens (primary N) is 1. The first kappa shape index (κ1) is 16.0. The van der Waals surface area contributed by atoms with Crippen LogP contribution in [-0.2, 0) is 9.59 Å². The van der Waals surface area contributed by atoms with Gasteiger partial charge in [0, 0.05) is 26.6 Å². The summed E-state index contributed by atoms with van der Waals surface area (Å²) in [5.74, 6) is 0.106. The zero-order valence-electron chi connectivity index (χ0n) is 12.4. The lowest BCUT2D eigenvalue weighted by atomic mass is 9.93. The van der Waals surface area contributed by atoms with E-state index in [4.69, 9.17) is 5.73 Å². The highest BCUT2D eigenvalue weighted by molar-refractivity contribution is 5.84. The molecule has 19 heavy (non-hydrogen) atoms. The largest absolute Gasteiger partial charge is 0.344 e. The Morgan fingerprint density at radius 2 is 2.05 bits per heavy atom. The van der Waals surface area contributed by atoms with Gasteiger partial charge in [0.15, 0.2) is 0 Å². The molecular formula is C14H27N3O2. The van der Waals surface area contributed by atoms with Crippen molar-refractivity contribution in [2.75, 3.05) is 33.2 Å². The monoisotopic (exact) mass is 269 g/mol. The SMILES string of the molecule is CN(CC(C)(C)CN)C(=O)CN1CCCCCC1=O. The number of likely N-dealkylation sites (N-methyl/N-ethyl adjacent to an activating group) is 1. The number of carbonyl (C=O) groups is 2. The van der Waals surface area contributed by atoms with Crippen LogP contribution in [0.3, 0.4) is 0 Å². The molecule has 0 bridgehead atoms. The molecule has 0 atom stereocenters. The molecule has 2 amide bonds. The molecule has 0 radical (unpaired) electrons. The normalized spacial score (nSPS) is 17.3. The Bertz CT molecular complexity index is 329. The maximum absolute atomic E-state index is 12.2. The van der Waals surface area contributed by atoms with E-state index in [1.807, 2.05) is 13.8 Å². The number of hydrogen-bond donors (Lipinski definition) is 1. The highest BCUT2D eigenvalue weighted by Gasteiger charge is 2.24. The molecule has 0 aliphatic carbocycles. The zero-order valence-corrected chi connectivity index (χ0v) is 12.4. The predicted octanol–water partition coefficient (Wildman–Crippen LogP) is 0.832. The number of rotatable bonds is 5. The molecule has 0 aromatic rings. The van der Waals surface area contributed by atoms with Gasteiger partial charge < -0.3 is 15.5 Å². The topological polar surface area (TPSA) is 66.6 Å². The van der Waals surface area contributed by atoms with Crippen molar-refractivity contribution in [1.29, 1.82) is 0 Å². The fourth-order valence-corrected chi connectivity index (χ4v) is 2.28. The van der Waals surface area contributed by atoms with E-state index in [-0.39, 0.29) is 23.8 Å². The van der Waals surface area contributed by atoms with Crippen LogP contribution < -0.4 is 5.73 Å². The van der Waals surface area contributed by atoms with Crippen molar-refractivity contribution in [1.82, 2.24) is 9.80 Å². The summed E-state index contributed by atoms with van der Waals surface area (Å²) >= 11 is 0. The Hall–Kier alpha value is -1.10. The van der Waals surface area contributed by atoms with Crippen LogP contribution in [0.15, 0.2) is 0 Å². The summed E-state index contributed by atoms with van der Waals surface area (Å²) in [6.45, 7) is 6.13. The molecule has 5 heteroatoms. The van der Waals surface area contributed by atoms with Gasteiger partial charge in [0.05, 0.1) is 6.54 Å². The number of amides is 2. The van der Waals surface area contributed by atoms with E-state index in [1.54, 1.807) is 16.8 Å². The maximum Gasteiger partial charge on any atom is 0.241 e. The lowest BCUT2D eigenvalue weighted by Crippen LogP contribution is -2.45. The van der Waals surface area contributed by atoms with Gasteiger partial charge in [-0.25, -0.2) is 0 Å².